The number of methoxy groups -OCH3 is 2. The Labute approximate surface area is 488 Å². The van der Waals surface area contributed by atoms with Crippen LogP contribution in [0.2, 0.25) is 0 Å². The van der Waals surface area contributed by atoms with Crippen molar-refractivity contribution in [3.8, 4) is 22.3 Å². The molecule has 0 N–H and O–H groups in total. The number of hydrogen-bond donors (Lipinski definition) is 0. The lowest BCUT2D eigenvalue weighted by atomic mass is 9.72. The molecular weight excluding hydrogens is 1050 g/mol. The third-order valence-electron chi connectivity index (χ3n) is 17.5. The summed E-state index contributed by atoms with van der Waals surface area (Å²) in [6.07, 6.45) is 19.1. The Bertz CT molecular complexity index is 3070. The van der Waals surface area contributed by atoms with Gasteiger partial charge in [0, 0.05) is 64.6 Å². The maximum Gasteiger partial charge on any atom is 0.160 e. The molecule has 0 saturated carbocycles. The monoisotopic (exact) mass is 1130 g/mol. The highest BCUT2D eigenvalue weighted by Crippen LogP contribution is 2.58. The maximum atomic E-state index is 18.1. The highest BCUT2D eigenvalue weighted by atomic mass is 32.2. The Morgan fingerprint density at radius 3 is 1.30 bits per heavy atom. The summed E-state index contributed by atoms with van der Waals surface area (Å²) in [5.41, 5.74) is 13.3. The number of rotatable bonds is 20. The van der Waals surface area contributed by atoms with Crippen molar-refractivity contribution in [2.45, 2.75) is 164 Å². The van der Waals surface area contributed by atoms with E-state index < -0.39 is 45.1 Å². The zero-order chi connectivity index (χ0) is 57.5. The number of allylic oxidation sites excluding steroid dienone is 6. The quantitative estimate of drug-likeness (QED) is 0.0705. The zero-order valence-electron chi connectivity index (χ0n) is 48.9. The first-order valence-electron chi connectivity index (χ1n) is 29.2. The normalized spacial score (nSPS) is 25.5. The molecule has 10 rings (SSSR count). The van der Waals surface area contributed by atoms with Gasteiger partial charge in [0.05, 0.1) is 37.6 Å². The molecule has 0 amide bonds. The van der Waals surface area contributed by atoms with Gasteiger partial charge in [-0.3, -0.25) is 0 Å². The van der Waals surface area contributed by atoms with Gasteiger partial charge in [-0.2, -0.15) is 0 Å². The van der Waals surface area contributed by atoms with Gasteiger partial charge in [-0.1, -0.05) is 145 Å². The average Bonchev–Trinajstić information content (AvgIpc) is 2.57. The smallest absolute Gasteiger partial charge is 0.160 e. The van der Waals surface area contributed by atoms with Crippen LogP contribution in [0, 0.1) is 53.2 Å². The largest absolute Gasteiger partial charge is 0.615 e. The molecule has 2 aliphatic carbocycles. The van der Waals surface area contributed by atoms with Gasteiger partial charge in [-0.25, -0.2) is 8.78 Å². The van der Waals surface area contributed by atoms with Crippen LogP contribution >= 0.6 is 0 Å². The van der Waals surface area contributed by atoms with Gasteiger partial charge in [-0.05, 0) is 169 Å². The summed E-state index contributed by atoms with van der Waals surface area (Å²) in [7, 11) is 3.37. The van der Waals surface area contributed by atoms with Crippen LogP contribution in [0.15, 0.2) is 170 Å². The summed E-state index contributed by atoms with van der Waals surface area (Å²) in [4.78, 5) is 0. The number of benzene rings is 6. The molecule has 2 heterocycles. The third-order valence-corrected chi connectivity index (χ3v) is 20.1. The second-order valence-corrected chi connectivity index (χ2v) is 25.4. The van der Waals surface area contributed by atoms with Crippen LogP contribution in [0.5, 0.6) is 0 Å². The van der Waals surface area contributed by atoms with Gasteiger partial charge in [0.1, 0.15) is 11.6 Å². The van der Waals surface area contributed by atoms with Gasteiger partial charge in [-0.15, -0.1) is 0 Å². The minimum absolute atomic E-state index is 0.182. The minimum Gasteiger partial charge on any atom is -0.615 e. The molecule has 4 aliphatic rings. The average molecular weight is 1130 g/mol. The Hall–Kier alpha value is -5.79. The molecule has 0 aromatic heterocycles. The van der Waals surface area contributed by atoms with Crippen molar-refractivity contribution in [3.63, 3.8) is 0 Å². The van der Waals surface area contributed by atoms with E-state index in [0.717, 1.165) is 66.8 Å². The Balaban J connectivity index is 1.17. The summed E-state index contributed by atoms with van der Waals surface area (Å²) in [5.74, 6) is -1.43. The molecule has 430 valence electrons. The summed E-state index contributed by atoms with van der Waals surface area (Å²) in [6, 6.07) is 40.1. The van der Waals surface area contributed by atoms with Crippen molar-refractivity contribution in [1.29, 1.82) is 0 Å². The van der Waals surface area contributed by atoms with Crippen LogP contribution < -0.4 is 0 Å². The summed E-state index contributed by atoms with van der Waals surface area (Å²) in [5, 5.41) is 0. The van der Waals surface area contributed by atoms with Crippen molar-refractivity contribution in [2.75, 3.05) is 14.2 Å². The molecule has 2 aliphatic heterocycles. The Morgan fingerprint density at radius 2 is 0.939 bits per heavy atom. The minimum atomic E-state index is -1.78. The molecule has 2 saturated heterocycles. The van der Waals surface area contributed by atoms with Crippen LogP contribution in [0.4, 0.5) is 8.78 Å². The standard InChI is InChI=1S/C72H80F2O7S/c1-47-33-51(5)69(61(35-47)55-25-27-65(73)49(3)37-55)63(41-59-39-57(43-67(76-7)80-59)78-45-53-21-13-9-14-22-53)71(29-17-11-18-30-71)82(75)72(31-19-12-20-32-72)64(70-52(6)34-48(2)36-62(70)56-26-28-66(74)50(4)38-56)42-60-40-58(44-68(77-8)81-60)79-46-54-23-15-10-16-24-54/h9-29,31,33-38,57-60,63-64,67-68H,30,32,39-46H2,1-8H3/t57-,58-,59-,60-,63?,64?,67+,68+,71?,72?,82?/m1/s1. The predicted molar refractivity (Wildman–Crippen MR) is 326 cm³/mol. The fraction of sp³-hybridized carbons (Fsp3) is 0.389. The van der Waals surface area contributed by atoms with Crippen molar-refractivity contribution in [3.05, 3.63) is 237 Å². The van der Waals surface area contributed by atoms with Crippen molar-refractivity contribution < 1.29 is 41.8 Å². The first kappa shape index (κ1) is 59.4. The molecule has 10 heteroatoms. The first-order valence-corrected chi connectivity index (χ1v) is 30.4. The summed E-state index contributed by atoms with van der Waals surface area (Å²) < 4.78 is 86.4. The Morgan fingerprint density at radius 1 is 0.524 bits per heavy atom. The van der Waals surface area contributed by atoms with Crippen molar-refractivity contribution in [1.82, 2.24) is 0 Å². The molecular formula is C72H80F2O7S. The number of aryl methyl sites for hydroxylation is 6. The van der Waals surface area contributed by atoms with E-state index in [1.54, 1.807) is 26.4 Å². The summed E-state index contributed by atoms with van der Waals surface area (Å²) >= 11 is -1.78. The van der Waals surface area contributed by atoms with E-state index >= 15 is 13.3 Å². The van der Waals surface area contributed by atoms with Crippen molar-refractivity contribution in [2.24, 2.45) is 0 Å². The highest BCUT2D eigenvalue weighted by Gasteiger charge is 2.61. The number of hydrogen-bond acceptors (Lipinski definition) is 7. The van der Waals surface area contributed by atoms with E-state index in [4.69, 9.17) is 28.4 Å². The lowest BCUT2D eigenvalue weighted by Gasteiger charge is -2.52. The predicted octanol–water partition coefficient (Wildman–Crippen LogP) is 16.5. The molecule has 0 spiro atoms. The van der Waals surface area contributed by atoms with Crippen LogP contribution in [-0.4, -0.2) is 65.3 Å². The summed E-state index contributed by atoms with van der Waals surface area (Å²) in [6.45, 7) is 13.0. The molecule has 7 nitrogen and oxygen atoms in total. The van der Waals surface area contributed by atoms with E-state index in [-0.39, 0.29) is 36.1 Å². The molecule has 82 heavy (non-hydrogen) atoms. The lowest BCUT2D eigenvalue weighted by molar-refractivity contribution is -0.214. The van der Waals surface area contributed by atoms with Crippen molar-refractivity contribution >= 4 is 11.2 Å². The van der Waals surface area contributed by atoms with E-state index in [2.05, 4.69) is 125 Å². The second-order valence-electron chi connectivity index (χ2n) is 23.4. The van der Waals surface area contributed by atoms with Crippen LogP contribution in [-0.2, 0) is 52.8 Å². The molecule has 0 radical (unpaired) electrons. The molecule has 0 bridgehead atoms. The molecule has 6 aromatic carbocycles. The molecule has 4 unspecified atom stereocenters. The number of ether oxygens (including phenoxy) is 6. The molecule has 10 atom stereocenters. The van der Waals surface area contributed by atoms with E-state index in [9.17, 15) is 0 Å². The third kappa shape index (κ3) is 13.1. The fourth-order valence-electron chi connectivity index (χ4n) is 13.6. The van der Waals surface area contributed by atoms with Crippen LogP contribution in [0.3, 0.4) is 0 Å². The lowest BCUT2D eigenvalue weighted by Crippen LogP contribution is -2.57. The zero-order valence-corrected chi connectivity index (χ0v) is 49.7. The Kier molecular flexibility index (Phi) is 19.1. The van der Waals surface area contributed by atoms with E-state index in [1.165, 1.54) is 0 Å². The topological polar surface area (TPSA) is 78.4 Å². The SMILES string of the molecule is CO[C@@H]1C[C@H](OCc2ccccc2)C[C@H](CC(c2c(C)cc(C)cc2-c2ccc(F)c(C)c2)C2([S+]([O-])C3(C(C[C@H]4C[C@@H](OCc5ccccc5)C[C@@H](OC)O4)c4c(C)cc(C)cc4-c4ccc(F)c(C)c4)C=CC=CC3)C=CC=CC2)O1. The maximum absolute atomic E-state index is 18.1. The fourth-order valence-corrected chi connectivity index (χ4v) is 16.1. The highest BCUT2D eigenvalue weighted by molar-refractivity contribution is 7.94. The van der Waals surface area contributed by atoms with Gasteiger partial charge in [0.2, 0.25) is 0 Å². The van der Waals surface area contributed by atoms with E-state index in [1.807, 2.05) is 74.5 Å². The first-order chi connectivity index (χ1) is 39.7. The second kappa shape index (κ2) is 26.4. The van der Waals surface area contributed by atoms with Crippen LogP contribution in [0.1, 0.15) is 119 Å². The molecule has 6 aromatic rings. The van der Waals surface area contributed by atoms with Gasteiger partial charge < -0.3 is 33.0 Å². The van der Waals surface area contributed by atoms with Crippen LogP contribution in [0.25, 0.3) is 22.3 Å². The molecule has 2 fully saturated rings. The van der Waals surface area contributed by atoms with E-state index in [0.29, 0.717) is 75.7 Å². The van der Waals surface area contributed by atoms with Gasteiger partial charge in [0.25, 0.3) is 0 Å². The van der Waals surface area contributed by atoms with Gasteiger partial charge in [0.15, 0.2) is 22.1 Å². The van der Waals surface area contributed by atoms with Gasteiger partial charge >= 0.3 is 0 Å². The number of halogens is 2.